The van der Waals surface area contributed by atoms with Gasteiger partial charge in [0.1, 0.15) is 5.78 Å². The minimum atomic E-state index is -0.468. The van der Waals surface area contributed by atoms with Gasteiger partial charge in [-0.25, -0.2) is 0 Å². The fourth-order valence-electron chi connectivity index (χ4n) is 9.07. The number of carbonyl (C=O) groups is 2. The molecule has 8 fully saturated rings. The van der Waals surface area contributed by atoms with E-state index in [-0.39, 0.29) is 17.8 Å². The second kappa shape index (κ2) is 6.06. The van der Waals surface area contributed by atoms with E-state index in [0.717, 1.165) is 56.5 Å². The monoisotopic (exact) mass is 386 g/mol. The maximum absolute atomic E-state index is 13.1. The van der Waals surface area contributed by atoms with Crippen molar-refractivity contribution in [2.75, 3.05) is 6.61 Å². The summed E-state index contributed by atoms with van der Waals surface area (Å²) in [4.78, 5) is 25.5. The third-order valence-electron chi connectivity index (χ3n) is 9.49. The van der Waals surface area contributed by atoms with Crippen molar-refractivity contribution in [3.63, 3.8) is 0 Å². The van der Waals surface area contributed by atoms with Crippen LogP contribution in [0.4, 0.5) is 0 Å². The van der Waals surface area contributed by atoms with Crippen molar-refractivity contribution in [2.45, 2.75) is 83.8 Å². The Hall–Kier alpha value is -0.900. The van der Waals surface area contributed by atoms with Crippen LogP contribution in [0, 0.1) is 46.3 Å². The largest absolute Gasteiger partial charge is 0.436 e. The molecule has 28 heavy (non-hydrogen) atoms. The minimum Gasteiger partial charge on any atom is -0.436 e. The molecule has 0 aliphatic heterocycles. The van der Waals surface area contributed by atoms with Crippen LogP contribution >= 0.6 is 0 Å². The standard InChI is InChI=1S/C24H34O4/c1-14(27-13-23-7-15-2-16(8-23)4-17(3-15)9-23)28-22(26)24-10-18-5-19(11-24)21(25)20(6-18)12-24/h14-20H,2-13H2,1H3. The van der Waals surface area contributed by atoms with E-state index in [2.05, 4.69) is 0 Å². The normalized spacial score (nSPS) is 51.5. The second-order valence-corrected chi connectivity index (χ2v) is 11.7. The Labute approximate surface area is 168 Å². The molecule has 0 saturated heterocycles. The van der Waals surface area contributed by atoms with Gasteiger partial charge in [-0.1, -0.05) is 0 Å². The van der Waals surface area contributed by atoms with Gasteiger partial charge in [-0.2, -0.15) is 0 Å². The quantitative estimate of drug-likeness (QED) is 0.515. The number of ketones is 1. The Morgan fingerprint density at radius 3 is 2.00 bits per heavy atom. The third kappa shape index (κ3) is 2.73. The van der Waals surface area contributed by atoms with Crippen molar-refractivity contribution in [1.29, 1.82) is 0 Å². The molecule has 154 valence electrons. The summed E-state index contributed by atoms with van der Waals surface area (Å²) in [6.45, 7) is 2.65. The van der Waals surface area contributed by atoms with Gasteiger partial charge in [0.2, 0.25) is 0 Å². The topological polar surface area (TPSA) is 52.6 Å². The molecular weight excluding hydrogens is 352 g/mol. The summed E-state index contributed by atoms with van der Waals surface area (Å²) in [5.74, 6) is 3.85. The van der Waals surface area contributed by atoms with E-state index in [1.807, 2.05) is 6.92 Å². The smallest absolute Gasteiger partial charge is 0.314 e. The lowest BCUT2D eigenvalue weighted by Crippen LogP contribution is -2.55. The predicted molar refractivity (Wildman–Crippen MR) is 103 cm³/mol. The van der Waals surface area contributed by atoms with Gasteiger partial charge in [0.25, 0.3) is 0 Å². The van der Waals surface area contributed by atoms with Gasteiger partial charge in [0.05, 0.1) is 12.0 Å². The Balaban J connectivity index is 1.08. The van der Waals surface area contributed by atoms with E-state index in [4.69, 9.17) is 9.47 Å². The lowest BCUT2D eigenvalue weighted by Gasteiger charge is -2.56. The molecule has 0 N–H and O–H groups in total. The Morgan fingerprint density at radius 2 is 1.43 bits per heavy atom. The van der Waals surface area contributed by atoms with Crippen LogP contribution in [0.25, 0.3) is 0 Å². The number of Topliss-reactive ketones (excluding diaryl/α,β-unsaturated/α-hetero) is 1. The van der Waals surface area contributed by atoms with Gasteiger partial charge in [0, 0.05) is 11.8 Å². The zero-order chi connectivity index (χ0) is 19.1. The maximum Gasteiger partial charge on any atom is 0.314 e. The Morgan fingerprint density at radius 1 is 0.893 bits per heavy atom. The third-order valence-corrected chi connectivity index (χ3v) is 9.49. The van der Waals surface area contributed by atoms with E-state index in [1.165, 1.54) is 38.5 Å². The second-order valence-electron chi connectivity index (χ2n) is 11.7. The van der Waals surface area contributed by atoms with Crippen LogP contribution in [0.5, 0.6) is 0 Å². The summed E-state index contributed by atoms with van der Waals surface area (Å²) in [6, 6.07) is 0. The van der Waals surface area contributed by atoms with E-state index in [9.17, 15) is 9.59 Å². The van der Waals surface area contributed by atoms with Crippen molar-refractivity contribution in [2.24, 2.45) is 46.3 Å². The lowest BCUT2D eigenvalue weighted by atomic mass is 9.49. The van der Waals surface area contributed by atoms with E-state index in [1.54, 1.807) is 0 Å². The molecule has 8 bridgehead atoms. The highest BCUT2D eigenvalue weighted by atomic mass is 16.7. The predicted octanol–water partition coefficient (Wildman–Crippen LogP) is 4.50. The van der Waals surface area contributed by atoms with Crippen LogP contribution in [0.1, 0.15) is 77.6 Å². The molecule has 0 amide bonds. The molecular formula is C24H34O4. The number of hydrogen-bond acceptors (Lipinski definition) is 4. The number of esters is 1. The first kappa shape index (κ1) is 17.9. The molecule has 0 aromatic carbocycles. The summed E-state index contributed by atoms with van der Waals surface area (Å²) in [6.07, 6.45) is 12.2. The summed E-state index contributed by atoms with van der Waals surface area (Å²) in [5.41, 5.74) is -0.0504. The summed E-state index contributed by atoms with van der Waals surface area (Å²) in [5, 5.41) is 0. The molecule has 8 rings (SSSR count). The molecule has 4 nitrogen and oxygen atoms in total. The first-order valence-corrected chi connectivity index (χ1v) is 11.8. The van der Waals surface area contributed by atoms with Crippen molar-refractivity contribution >= 4 is 11.8 Å². The van der Waals surface area contributed by atoms with Crippen LogP contribution in [0.15, 0.2) is 0 Å². The zero-order valence-electron chi connectivity index (χ0n) is 17.2. The van der Waals surface area contributed by atoms with Crippen molar-refractivity contribution < 1.29 is 19.1 Å². The zero-order valence-corrected chi connectivity index (χ0v) is 17.2. The number of rotatable bonds is 5. The maximum atomic E-state index is 13.1. The average Bonchev–Trinajstić information content (AvgIpc) is 2.63. The Bertz CT molecular complexity index is 643. The average molecular weight is 387 g/mol. The summed E-state index contributed by atoms with van der Waals surface area (Å²) in [7, 11) is 0. The highest BCUT2D eigenvalue weighted by molar-refractivity contribution is 5.89. The molecule has 0 radical (unpaired) electrons. The summed E-state index contributed by atoms with van der Waals surface area (Å²) >= 11 is 0. The Kier molecular flexibility index (Phi) is 3.88. The van der Waals surface area contributed by atoms with Gasteiger partial charge in [-0.05, 0) is 107 Å². The molecule has 8 aliphatic carbocycles. The fourth-order valence-corrected chi connectivity index (χ4v) is 9.07. The van der Waals surface area contributed by atoms with Gasteiger partial charge < -0.3 is 9.47 Å². The van der Waals surface area contributed by atoms with Crippen LogP contribution in [0.2, 0.25) is 0 Å². The molecule has 8 aliphatic rings. The first-order valence-electron chi connectivity index (χ1n) is 11.8. The fraction of sp³-hybridized carbons (Fsp3) is 0.917. The molecule has 8 saturated carbocycles. The van der Waals surface area contributed by atoms with E-state index in [0.29, 0.717) is 17.1 Å². The molecule has 0 aromatic heterocycles. The van der Waals surface area contributed by atoms with E-state index < -0.39 is 11.7 Å². The lowest BCUT2D eigenvalue weighted by molar-refractivity contribution is -0.209. The SMILES string of the molecule is CC(OCC12CC3CC(CC(C3)C1)C2)OC(=O)C12CC3CC(C1)C(=O)C(C3)C2. The minimum absolute atomic E-state index is 0.0857. The van der Waals surface area contributed by atoms with Crippen LogP contribution in [0.3, 0.4) is 0 Å². The van der Waals surface area contributed by atoms with Crippen LogP contribution in [-0.4, -0.2) is 24.6 Å². The molecule has 0 heterocycles. The van der Waals surface area contributed by atoms with Gasteiger partial charge >= 0.3 is 5.97 Å². The molecule has 3 unspecified atom stereocenters. The van der Waals surface area contributed by atoms with Gasteiger partial charge in [-0.15, -0.1) is 0 Å². The van der Waals surface area contributed by atoms with Crippen molar-refractivity contribution in [3.8, 4) is 0 Å². The van der Waals surface area contributed by atoms with Gasteiger partial charge in [0.15, 0.2) is 6.29 Å². The van der Waals surface area contributed by atoms with Gasteiger partial charge in [-0.3, -0.25) is 9.59 Å². The highest BCUT2D eigenvalue weighted by Crippen LogP contribution is 2.61. The highest BCUT2D eigenvalue weighted by Gasteiger charge is 2.59. The number of hydrogen-bond donors (Lipinski definition) is 0. The van der Waals surface area contributed by atoms with Crippen molar-refractivity contribution in [1.82, 2.24) is 0 Å². The molecule has 0 aromatic rings. The number of ether oxygens (including phenoxy) is 2. The molecule has 4 heteroatoms. The molecule has 0 spiro atoms. The van der Waals surface area contributed by atoms with Crippen LogP contribution in [-0.2, 0) is 19.1 Å². The van der Waals surface area contributed by atoms with Crippen LogP contribution < -0.4 is 0 Å². The van der Waals surface area contributed by atoms with E-state index >= 15 is 0 Å². The number of carbonyl (C=O) groups excluding carboxylic acids is 2. The summed E-state index contributed by atoms with van der Waals surface area (Å²) < 4.78 is 12.0. The van der Waals surface area contributed by atoms with Crippen molar-refractivity contribution in [3.05, 3.63) is 0 Å². The molecule has 3 atom stereocenters. The first-order chi connectivity index (χ1) is 13.4.